The Kier molecular flexibility index (Phi) is 6.50. The fourth-order valence-electron chi connectivity index (χ4n) is 8.61. The molecule has 0 spiro atoms. The van der Waals surface area contributed by atoms with Crippen LogP contribution in [0.1, 0.15) is 11.1 Å². The Labute approximate surface area is 310 Å². The van der Waals surface area contributed by atoms with Gasteiger partial charge in [0.15, 0.2) is 0 Å². The van der Waals surface area contributed by atoms with E-state index in [1.807, 2.05) is 0 Å². The molecule has 1 aliphatic rings. The van der Waals surface area contributed by atoms with Crippen LogP contribution in [0.5, 0.6) is 0 Å². The molecule has 2 nitrogen and oxygen atoms in total. The van der Waals surface area contributed by atoms with Crippen molar-refractivity contribution < 1.29 is 0 Å². The third-order valence-electron chi connectivity index (χ3n) is 11.0. The Morgan fingerprint density at radius 3 is 1.44 bits per heavy atom. The summed E-state index contributed by atoms with van der Waals surface area (Å²) in [7, 11) is 0. The molecular weight excluding hydrogens is 696 g/mol. The van der Waals surface area contributed by atoms with Crippen LogP contribution in [0.2, 0.25) is 0 Å². The molecule has 0 atom stereocenters. The van der Waals surface area contributed by atoms with Crippen molar-refractivity contribution in [3.63, 3.8) is 0 Å². The molecule has 0 bridgehead atoms. The topological polar surface area (TPSA) is 9.86 Å². The highest BCUT2D eigenvalue weighted by molar-refractivity contribution is 9.10. The summed E-state index contributed by atoms with van der Waals surface area (Å²) < 4.78 is 5.95. The summed E-state index contributed by atoms with van der Waals surface area (Å²) in [6, 6.07) is 64.6. The van der Waals surface area contributed by atoms with Crippen LogP contribution in [0, 0.1) is 0 Å². The van der Waals surface area contributed by atoms with Gasteiger partial charge in [-0.15, -0.1) is 0 Å². The van der Waals surface area contributed by atoms with Gasteiger partial charge in [0, 0.05) is 37.4 Å². The number of hydrogen-bond acceptors (Lipinski definition) is 0. The lowest BCUT2D eigenvalue weighted by atomic mass is 9.97. The Bertz CT molecular complexity index is 3040. The fraction of sp³-hybridized carbons (Fsp3) is 0.0204. The Morgan fingerprint density at radius 2 is 0.846 bits per heavy atom. The molecule has 0 N–H and O–H groups in total. The normalized spacial score (nSPS) is 12.2. The van der Waals surface area contributed by atoms with E-state index in [4.69, 9.17) is 0 Å². The number of para-hydroxylation sites is 3. The Morgan fingerprint density at radius 1 is 0.365 bits per heavy atom. The van der Waals surface area contributed by atoms with E-state index in [9.17, 15) is 0 Å². The number of aromatic nitrogens is 2. The maximum absolute atomic E-state index is 3.84. The molecule has 1 aliphatic carbocycles. The van der Waals surface area contributed by atoms with Crippen LogP contribution in [-0.2, 0) is 6.42 Å². The summed E-state index contributed by atoms with van der Waals surface area (Å²) in [5.41, 5.74) is 17.5. The van der Waals surface area contributed by atoms with Crippen LogP contribution < -0.4 is 0 Å². The van der Waals surface area contributed by atoms with Gasteiger partial charge in [-0.05, 0) is 130 Å². The first-order valence-corrected chi connectivity index (χ1v) is 18.6. The van der Waals surface area contributed by atoms with Crippen molar-refractivity contribution in [2.75, 3.05) is 0 Å². The molecule has 52 heavy (non-hydrogen) atoms. The average molecular weight is 728 g/mol. The van der Waals surface area contributed by atoms with Crippen molar-refractivity contribution in [2.24, 2.45) is 0 Å². The molecule has 0 radical (unpaired) electrons. The van der Waals surface area contributed by atoms with Crippen molar-refractivity contribution in [2.45, 2.75) is 6.42 Å². The monoisotopic (exact) mass is 726 g/mol. The predicted molar refractivity (Wildman–Crippen MR) is 222 cm³/mol. The van der Waals surface area contributed by atoms with Gasteiger partial charge in [0.05, 0.1) is 22.1 Å². The van der Waals surface area contributed by atoms with Gasteiger partial charge in [-0.25, -0.2) is 0 Å². The van der Waals surface area contributed by atoms with E-state index in [1.54, 1.807) is 0 Å². The van der Waals surface area contributed by atoms with Crippen molar-refractivity contribution in [3.05, 3.63) is 192 Å². The summed E-state index contributed by atoms with van der Waals surface area (Å²) in [5, 5.41) is 5.02. The molecule has 0 amide bonds. The summed E-state index contributed by atoms with van der Waals surface area (Å²) in [6.07, 6.45) is 0.981. The van der Waals surface area contributed by atoms with Gasteiger partial charge in [0.25, 0.3) is 0 Å². The number of fused-ring (bicyclic) bond motifs is 9. The molecule has 11 rings (SSSR count). The predicted octanol–water partition coefficient (Wildman–Crippen LogP) is 13.5. The number of hydrogen-bond donors (Lipinski definition) is 0. The zero-order valence-corrected chi connectivity index (χ0v) is 29.8. The van der Waals surface area contributed by atoms with Crippen molar-refractivity contribution in [1.29, 1.82) is 0 Å². The van der Waals surface area contributed by atoms with E-state index in [2.05, 4.69) is 201 Å². The van der Waals surface area contributed by atoms with E-state index < -0.39 is 0 Å². The van der Waals surface area contributed by atoms with Crippen molar-refractivity contribution >= 4 is 59.5 Å². The van der Waals surface area contributed by atoms with E-state index in [-0.39, 0.29) is 0 Å². The maximum atomic E-state index is 3.84. The summed E-state index contributed by atoms with van der Waals surface area (Å²) >= 11 is 3.84. The average Bonchev–Trinajstić information content (AvgIpc) is 3.85. The third-order valence-corrected chi connectivity index (χ3v) is 11.7. The minimum Gasteiger partial charge on any atom is -0.309 e. The van der Waals surface area contributed by atoms with Gasteiger partial charge < -0.3 is 9.13 Å². The molecule has 0 saturated heterocycles. The highest BCUT2D eigenvalue weighted by Crippen LogP contribution is 2.44. The molecule has 8 aromatic carbocycles. The second-order valence-corrected chi connectivity index (χ2v) is 14.7. The molecule has 10 aromatic rings. The number of rotatable bonds is 4. The molecule has 0 unspecified atom stereocenters. The first-order valence-electron chi connectivity index (χ1n) is 17.8. The molecule has 3 heteroatoms. The van der Waals surface area contributed by atoms with Crippen LogP contribution in [0.3, 0.4) is 0 Å². The standard InChI is InChI=1S/C49H31BrN2/c50-44-16-9-10-36-26-35-19-18-31(27-40(35)49(36)44)33-21-24-47-42(29-33)43-30-34(22-25-48(43)52(47)38-13-5-2-6-14-38)32-20-23-46-41(28-32)39-15-7-8-17-45(39)51(46)37-11-3-1-4-12-37/h1-25,27-30H,26H2. The van der Waals surface area contributed by atoms with Gasteiger partial charge in [-0.1, -0.05) is 113 Å². The number of nitrogens with zero attached hydrogens (tertiary/aromatic N) is 2. The molecule has 0 saturated carbocycles. The highest BCUT2D eigenvalue weighted by Gasteiger charge is 2.22. The fourth-order valence-corrected chi connectivity index (χ4v) is 9.23. The van der Waals surface area contributed by atoms with Gasteiger partial charge in [0.2, 0.25) is 0 Å². The van der Waals surface area contributed by atoms with E-state index in [1.165, 1.54) is 93.8 Å². The van der Waals surface area contributed by atoms with Crippen LogP contribution in [0.15, 0.2) is 180 Å². The summed E-state index contributed by atoms with van der Waals surface area (Å²) in [5.74, 6) is 0. The van der Waals surface area contributed by atoms with Crippen LogP contribution >= 0.6 is 15.9 Å². The van der Waals surface area contributed by atoms with Crippen molar-refractivity contribution in [3.8, 4) is 44.8 Å². The minimum absolute atomic E-state index is 0.981. The minimum atomic E-state index is 0.981. The number of benzene rings is 8. The van der Waals surface area contributed by atoms with E-state index >= 15 is 0 Å². The van der Waals surface area contributed by atoms with Crippen molar-refractivity contribution in [1.82, 2.24) is 9.13 Å². The van der Waals surface area contributed by atoms with Crippen LogP contribution in [0.4, 0.5) is 0 Å². The summed E-state index contributed by atoms with van der Waals surface area (Å²) in [4.78, 5) is 0. The number of halogens is 1. The van der Waals surface area contributed by atoms with E-state index in [0.29, 0.717) is 0 Å². The zero-order chi connectivity index (χ0) is 34.3. The quantitative estimate of drug-likeness (QED) is 0.171. The molecule has 2 aromatic heterocycles. The SMILES string of the molecule is Brc1cccc2c1-c1cc(-c3ccc4c(c3)c3cc(-c5ccc6c(c5)c5ccccc5n6-c5ccccc5)ccc3n4-c3ccccc3)ccc1C2. The molecule has 0 aliphatic heterocycles. The van der Waals surface area contributed by atoms with Gasteiger partial charge >= 0.3 is 0 Å². The smallest absolute Gasteiger partial charge is 0.0541 e. The maximum Gasteiger partial charge on any atom is 0.0541 e. The second kappa shape index (κ2) is 11.4. The largest absolute Gasteiger partial charge is 0.309 e. The molecule has 2 heterocycles. The highest BCUT2D eigenvalue weighted by atomic mass is 79.9. The molecule has 0 fully saturated rings. The van der Waals surface area contributed by atoms with Crippen LogP contribution in [0.25, 0.3) is 88.4 Å². The van der Waals surface area contributed by atoms with Gasteiger partial charge in [-0.3, -0.25) is 0 Å². The Hall–Kier alpha value is -6.16. The lowest BCUT2D eigenvalue weighted by molar-refractivity contribution is 1.18. The first kappa shape index (κ1) is 29.6. The van der Waals surface area contributed by atoms with Crippen LogP contribution in [-0.4, -0.2) is 9.13 Å². The lowest BCUT2D eigenvalue weighted by Gasteiger charge is -2.10. The molecule has 244 valence electrons. The van der Waals surface area contributed by atoms with E-state index in [0.717, 1.165) is 16.6 Å². The zero-order valence-electron chi connectivity index (χ0n) is 28.2. The Balaban J connectivity index is 1.11. The lowest BCUT2D eigenvalue weighted by Crippen LogP contribution is -1.93. The first-order chi connectivity index (χ1) is 25.7. The second-order valence-electron chi connectivity index (χ2n) is 13.9. The summed E-state index contributed by atoms with van der Waals surface area (Å²) in [6.45, 7) is 0. The third kappa shape index (κ3) is 4.43. The van der Waals surface area contributed by atoms with Gasteiger partial charge in [0.1, 0.15) is 0 Å². The van der Waals surface area contributed by atoms with Gasteiger partial charge in [-0.2, -0.15) is 0 Å². The molecular formula is C49H31BrN2.